The minimum Gasteiger partial charge on any atom is -0.181 e. The SMILES string of the molecule is BrCC1(Cc2cnsn2)CCCC1. The van der Waals surface area contributed by atoms with Gasteiger partial charge in [-0.25, -0.2) is 0 Å². The highest BCUT2D eigenvalue weighted by Crippen LogP contribution is 2.41. The highest BCUT2D eigenvalue weighted by molar-refractivity contribution is 9.09. The van der Waals surface area contributed by atoms with Gasteiger partial charge in [-0.3, -0.25) is 0 Å². The molecular formula is C9H13BrN2S. The summed E-state index contributed by atoms with van der Waals surface area (Å²) in [6.07, 6.45) is 8.46. The van der Waals surface area contributed by atoms with Crippen molar-refractivity contribution in [3.05, 3.63) is 11.9 Å². The molecule has 13 heavy (non-hydrogen) atoms. The van der Waals surface area contributed by atoms with E-state index in [1.807, 2.05) is 6.20 Å². The molecule has 1 aliphatic carbocycles. The van der Waals surface area contributed by atoms with E-state index in [-0.39, 0.29) is 0 Å². The summed E-state index contributed by atoms with van der Waals surface area (Å²) >= 11 is 4.95. The van der Waals surface area contributed by atoms with Crippen LogP contribution >= 0.6 is 27.7 Å². The van der Waals surface area contributed by atoms with Gasteiger partial charge in [-0.15, -0.1) is 0 Å². The van der Waals surface area contributed by atoms with E-state index < -0.39 is 0 Å². The second kappa shape index (κ2) is 4.05. The number of hydrogen-bond donors (Lipinski definition) is 0. The summed E-state index contributed by atoms with van der Waals surface area (Å²) < 4.78 is 8.33. The molecule has 0 aliphatic heterocycles. The summed E-state index contributed by atoms with van der Waals surface area (Å²) in [5.41, 5.74) is 1.65. The third-order valence-corrected chi connectivity index (χ3v) is 4.62. The van der Waals surface area contributed by atoms with E-state index in [0.29, 0.717) is 5.41 Å². The third-order valence-electron chi connectivity index (χ3n) is 2.91. The first-order valence-electron chi connectivity index (χ1n) is 4.67. The first kappa shape index (κ1) is 9.59. The van der Waals surface area contributed by atoms with E-state index in [0.717, 1.165) is 11.8 Å². The molecule has 2 nitrogen and oxygen atoms in total. The standard InChI is InChI=1S/C9H13BrN2S/c10-7-9(3-1-2-4-9)5-8-6-11-13-12-8/h6H,1-5,7H2. The molecule has 1 fully saturated rings. The summed E-state index contributed by atoms with van der Waals surface area (Å²) in [5.74, 6) is 0. The van der Waals surface area contributed by atoms with Gasteiger partial charge >= 0.3 is 0 Å². The van der Waals surface area contributed by atoms with Crippen molar-refractivity contribution in [1.82, 2.24) is 8.75 Å². The largest absolute Gasteiger partial charge is 0.181 e. The van der Waals surface area contributed by atoms with E-state index in [1.54, 1.807) is 0 Å². The van der Waals surface area contributed by atoms with E-state index in [9.17, 15) is 0 Å². The third kappa shape index (κ3) is 2.10. The summed E-state index contributed by atoms with van der Waals surface area (Å²) in [6.45, 7) is 0. The average molecular weight is 261 g/mol. The van der Waals surface area contributed by atoms with Crippen molar-refractivity contribution in [1.29, 1.82) is 0 Å². The molecule has 2 rings (SSSR count). The van der Waals surface area contributed by atoms with Crippen molar-refractivity contribution in [2.45, 2.75) is 32.1 Å². The minimum absolute atomic E-state index is 0.482. The van der Waals surface area contributed by atoms with Crippen LogP contribution in [0.15, 0.2) is 6.20 Å². The predicted molar refractivity (Wildman–Crippen MR) is 58.3 cm³/mol. The zero-order valence-electron chi connectivity index (χ0n) is 7.50. The van der Waals surface area contributed by atoms with Crippen molar-refractivity contribution in [3.8, 4) is 0 Å². The maximum Gasteiger partial charge on any atom is 0.0748 e. The molecule has 1 aromatic rings. The lowest BCUT2D eigenvalue weighted by Gasteiger charge is -2.24. The molecule has 0 atom stereocenters. The predicted octanol–water partition coefficient (Wildman–Crippen LogP) is 3.04. The number of hydrogen-bond acceptors (Lipinski definition) is 3. The number of nitrogens with zero attached hydrogens (tertiary/aromatic N) is 2. The number of alkyl halides is 1. The van der Waals surface area contributed by atoms with E-state index in [4.69, 9.17) is 0 Å². The first-order valence-corrected chi connectivity index (χ1v) is 6.52. The fourth-order valence-electron chi connectivity index (χ4n) is 2.13. The van der Waals surface area contributed by atoms with Crippen molar-refractivity contribution in [3.63, 3.8) is 0 Å². The summed E-state index contributed by atoms with van der Waals surface area (Å²) in [5, 5.41) is 1.11. The first-order chi connectivity index (χ1) is 6.35. The molecule has 1 aromatic heterocycles. The molecular weight excluding hydrogens is 248 g/mol. The van der Waals surface area contributed by atoms with Crippen LogP contribution in [0.1, 0.15) is 31.4 Å². The second-order valence-electron chi connectivity index (χ2n) is 3.92. The molecule has 1 aliphatic rings. The molecule has 0 radical (unpaired) electrons. The molecule has 1 heterocycles. The van der Waals surface area contributed by atoms with E-state index >= 15 is 0 Å². The van der Waals surface area contributed by atoms with Gasteiger partial charge in [0.15, 0.2) is 0 Å². The van der Waals surface area contributed by atoms with Crippen LogP contribution in [0.25, 0.3) is 0 Å². The Kier molecular flexibility index (Phi) is 2.99. The molecule has 0 amide bonds. The van der Waals surface area contributed by atoms with Gasteiger partial charge in [0, 0.05) is 5.33 Å². The molecule has 72 valence electrons. The Bertz CT molecular complexity index is 255. The molecule has 0 bridgehead atoms. The van der Waals surface area contributed by atoms with Crippen LogP contribution in [0.4, 0.5) is 0 Å². The van der Waals surface area contributed by atoms with E-state index in [1.165, 1.54) is 43.1 Å². The molecule has 4 heteroatoms. The van der Waals surface area contributed by atoms with Crippen LogP contribution in [0.3, 0.4) is 0 Å². The highest BCUT2D eigenvalue weighted by atomic mass is 79.9. The molecule has 0 saturated heterocycles. The Labute approximate surface area is 91.2 Å². The summed E-state index contributed by atoms with van der Waals surface area (Å²) in [4.78, 5) is 0. The Morgan fingerprint density at radius 1 is 1.46 bits per heavy atom. The molecule has 0 aromatic carbocycles. The van der Waals surface area contributed by atoms with Crippen LogP contribution < -0.4 is 0 Å². The van der Waals surface area contributed by atoms with Crippen LogP contribution in [0, 0.1) is 5.41 Å². The fourth-order valence-corrected chi connectivity index (χ4v) is 3.32. The van der Waals surface area contributed by atoms with Crippen molar-refractivity contribution < 1.29 is 0 Å². The van der Waals surface area contributed by atoms with Gasteiger partial charge in [0.1, 0.15) is 0 Å². The number of aromatic nitrogens is 2. The summed E-state index contributed by atoms with van der Waals surface area (Å²) in [6, 6.07) is 0. The molecule has 0 unspecified atom stereocenters. The van der Waals surface area contributed by atoms with Crippen LogP contribution in [-0.2, 0) is 6.42 Å². The monoisotopic (exact) mass is 260 g/mol. The van der Waals surface area contributed by atoms with Crippen molar-refractivity contribution in [2.24, 2.45) is 5.41 Å². The van der Waals surface area contributed by atoms with Gasteiger partial charge in [0.25, 0.3) is 0 Å². The van der Waals surface area contributed by atoms with Gasteiger partial charge in [0.2, 0.25) is 0 Å². The Balaban J connectivity index is 2.06. The normalized spacial score (nSPS) is 20.7. The number of halogens is 1. The molecule has 0 N–H and O–H groups in total. The zero-order valence-corrected chi connectivity index (χ0v) is 9.90. The zero-order chi connectivity index (χ0) is 9.15. The Hall–Kier alpha value is 0.0400. The van der Waals surface area contributed by atoms with Gasteiger partial charge in [-0.1, -0.05) is 28.8 Å². The van der Waals surface area contributed by atoms with Crippen LogP contribution in [-0.4, -0.2) is 14.1 Å². The van der Waals surface area contributed by atoms with Gasteiger partial charge in [-0.2, -0.15) is 8.75 Å². The Morgan fingerprint density at radius 3 is 2.77 bits per heavy atom. The quantitative estimate of drug-likeness (QED) is 0.781. The minimum atomic E-state index is 0.482. The van der Waals surface area contributed by atoms with Gasteiger partial charge < -0.3 is 0 Å². The topological polar surface area (TPSA) is 25.8 Å². The van der Waals surface area contributed by atoms with Crippen molar-refractivity contribution >= 4 is 27.7 Å². The Morgan fingerprint density at radius 2 is 2.23 bits per heavy atom. The summed E-state index contributed by atoms with van der Waals surface area (Å²) in [7, 11) is 0. The molecule has 0 spiro atoms. The van der Waals surface area contributed by atoms with E-state index in [2.05, 4.69) is 24.7 Å². The smallest absolute Gasteiger partial charge is 0.0748 e. The van der Waals surface area contributed by atoms with Crippen LogP contribution in [0.5, 0.6) is 0 Å². The highest BCUT2D eigenvalue weighted by Gasteiger charge is 2.33. The molecule has 1 saturated carbocycles. The maximum absolute atomic E-state index is 4.28. The lowest BCUT2D eigenvalue weighted by atomic mass is 9.84. The van der Waals surface area contributed by atoms with Gasteiger partial charge in [0.05, 0.1) is 23.6 Å². The maximum atomic E-state index is 4.28. The van der Waals surface area contributed by atoms with Crippen molar-refractivity contribution in [2.75, 3.05) is 5.33 Å². The van der Waals surface area contributed by atoms with Gasteiger partial charge in [-0.05, 0) is 24.7 Å². The number of rotatable bonds is 3. The average Bonchev–Trinajstić information content (AvgIpc) is 2.77. The fraction of sp³-hybridized carbons (Fsp3) is 0.778. The van der Waals surface area contributed by atoms with Crippen LogP contribution in [0.2, 0.25) is 0 Å². The lowest BCUT2D eigenvalue weighted by Crippen LogP contribution is -2.21. The lowest BCUT2D eigenvalue weighted by molar-refractivity contribution is 0.344. The second-order valence-corrected chi connectivity index (χ2v) is 5.03.